The Kier molecular flexibility index (Phi) is 6.75. The van der Waals surface area contributed by atoms with Crippen molar-refractivity contribution in [2.45, 2.75) is 19.9 Å². The first-order valence-corrected chi connectivity index (χ1v) is 11.1. The third kappa shape index (κ3) is 5.41. The molecule has 2 N–H and O–H groups in total. The zero-order valence-corrected chi connectivity index (χ0v) is 18.9. The summed E-state index contributed by atoms with van der Waals surface area (Å²) in [5.74, 6) is -1.21. The summed E-state index contributed by atoms with van der Waals surface area (Å²) in [6.07, 6.45) is 0.107. The summed E-state index contributed by atoms with van der Waals surface area (Å²) in [5, 5.41) is 6.32. The molecule has 0 aliphatic carbocycles. The lowest BCUT2D eigenvalue weighted by molar-refractivity contribution is -0.122. The standard InChI is InChI=1S/C26H24ClN3O3/c1-17-6-8-18(9-7-17)15-28-26(33)22-4-2-3-5-23(22)29-25(32)19-14-24(31)30(16-19)21-12-10-20(27)11-13-21/h2-13,19H,14-16H2,1H3,(H,28,33)(H,29,32)/t19-/m1/s1. The van der Waals surface area contributed by atoms with Gasteiger partial charge in [-0.2, -0.15) is 0 Å². The first-order chi connectivity index (χ1) is 15.9. The Balaban J connectivity index is 1.41. The van der Waals surface area contributed by atoms with Crippen LogP contribution >= 0.6 is 11.6 Å². The van der Waals surface area contributed by atoms with Gasteiger partial charge in [0.25, 0.3) is 5.91 Å². The Morgan fingerprint density at radius 1 is 1.00 bits per heavy atom. The number of anilines is 2. The van der Waals surface area contributed by atoms with Gasteiger partial charge in [0.1, 0.15) is 0 Å². The molecule has 1 aliphatic heterocycles. The van der Waals surface area contributed by atoms with Crippen molar-refractivity contribution in [3.05, 3.63) is 94.5 Å². The fourth-order valence-corrected chi connectivity index (χ4v) is 3.89. The van der Waals surface area contributed by atoms with Crippen molar-refractivity contribution in [2.75, 3.05) is 16.8 Å². The normalized spacial score (nSPS) is 15.4. The van der Waals surface area contributed by atoms with Gasteiger partial charge in [0.2, 0.25) is 11.8 Å². The lowest BCUT2D eigenvalue weighted by atomic mass is 10.1. The van der Waals surface area contributed by atoms with Crippen molar-refractivity contribution in [3.63, 3.8) is 0 Å². The van der Waals surface area contributed by atoms with E-state index >= 15 is 0 Å². The SMILES string of the molecule is Cc1ccc(CNC(=O)c2ccccc2NC(=O)[C@@H]2CC(=O)N(c3ccc(Cl)cc3)C2)cc1. The van der Waals surface area contributed by atoms with E-state index < -0.39 is 5.92 Å². The fourth-order valence-electron chi connectivity index (χ4n) is 3.76. The summed E-state index contributed by atoms with van der Waals surface area (Å²) in [5.41, 5.74) is 3.63. The maximum absolute atomic E-state index is 12.9. The molecule has 33 heavy (non-hydrogen) atoms. The van der Waals surface area contributed by atoms with Gasteiger partial charge >= 0.3 is 0 Å². The minimum atomic E-state index is -0.517. The van der Waals surface area contributed by atoms with Crippen LogP contribution in [0.4, 0.5) is 11.4 Å². The maximum Gasteiger partial charge on any atom is 0.253 e. The number of nitrogens with one attached hydrogen (secondary N) is 2. The molecule has 6 nitrogen and oxygen atoms in total. The molecule has 3 aromatic carbocycles. The zero-order chi connectivity index (χ0) is 23.4. The summed E-state index contributed by atoms with van der Waals surface area (Å²) in [6.45, 7) is 2.66. The lowest BCUT2D eigenvalue weighted by Gasteiger charge is -2.17. The third-order valence-corrected chi connectivity index (χ3v) is 5.89. The quantitative estimate of drug-likeness (QED) is 0.564. The van der Waals surface area contributed by atoms with Crippen LogP contribution in [0.25, 0.3) is 0 Å². The molecule has 0 bridgehead atoms. The van der Waals surface area contributed by atoms with Gasteiger partial charge in [0.15, 0.2) is 0 Å². The fraction of sp³-hybridized carbons (Fsp3) is 0.192. The second-order valence-corrected chi connectivity index (χ2v) is 8.52. The van der Waals surface area contributed by atoms with Gasteiger partial charge in [-0.1, -0.05) is 53.6 Å². The maximum atomic E-state index is 12.9. The molecule has 0 unspecified atom stereocenters. The van der Waals surface area contributed by atoms with Crippen molar-refractivity contribution in [1.82, 2.24) is 5.32 Å². The number of hydrogen-bond acceptors (Lipinski definition) is 3. The molecule has 4 rings (SSSR count). The summed E-state index contributed by atoms with van der Waals surface area (Å²) < 4.78 is 0. The average molecular weight is 462 g/mol. The van der Waals surface area contributed by atoms with Crippen LogP contribution in [0.3, 0.4) is 0 Å². The van der Waals surface area contributed by atoms with Crippen molar-refractivity contribution >= 4 is 40.7 Å². The third-order valence-electron chi connectivity index (χ3n) is 5.64. The van der Waals surface area contributed by atoms with E-state index in [9.17, 15) is 14.4 Å². The topological polar surface area (TPSA) is 78.5 Å². The van der Waals surface area contributed by atoms with Gasteiger partial charge in [-0.15, -0.1) is 0 Å². The number of carbonyl (C=O) groups is 3. The molecule has 1 aliphatic rings. The molecule has 0 saturated carbocycles. The van der Waals surface area contributed by atoms with E-state index in [0.29, 0.717) is 28.5 Å². The van der Waals surface area contributed by atoms with E-state index in [2.05, 4.69) is 10.6 Å². The number of para-hydroxylation sites is 1. The second-order valence-electron chi connectivity index (χ2n) is 8.08. The largest absolute Gasteiger partial charge is 0.348 e. The second kappa shape index (κ2) is 9.88. The minimum Gasteiger partial charge on any atom is -0.348 e. The average Bonchev–Trinajstić information content (AvgIpc) is 3.21. The molecule has 0 spiro atoms. The minimum absolute atomic E-state index is 0.107. The van der Waals surface area contributed by atoms with Crippen molar-refractivity contribution < 1.29 is 14.4 Å². The van der Waals surface area contributed by atoms with E-state index in [1.807, 2.05) is 31.2 Å². The number of aryl methyl sites for hydroxylation is 1. The van der Waals surface area contributed by atoms with Crippen LogP contribution < -0.4 is 15.5 Å². The van der Waals surface area contributed by atoms with Crippen LogP contribution in [0.1, 0.15) is 27.9 Å². The number of hydrogen-bond donors (Lipinski definition) is 2. The van der Waals surface area contributed by atoms with E-state index in [4.69, 9.17) is 11.6 Å². The van der Waals surface area contributed by atoms with Gasteiger partial charge in [0, 0.05) is 30.2 Å². The van der Waals surface area contributed by atoms with Crippen molar-refractivity contribution in [1.29, 1.82) is 0 Å². The molecule has 168 valence electrons. The van der Waals surface area contributed by atoms with Crippen LogP contribution in [-0.4, -0.2) is 24.3 Å². The predicted molar refractivity (Wildman–Crippen MR) is 129 cm³/mol. The van der Waals surface area contributed by atoms with Crippen LogP contribution in [0.2, 0.25) is 5.02 Å². The van der Waals surface area contributed by atoms with E-state index in [1.54, 1.807) is 53.4 Å². The van der Waals surface area contributed by atoms with E-state index in [0.717, 1.165) is 11.1 Å². The molecular formula is C26H24ClN3O3. The predicted octanol–water partition coefficient (Wildman–Crippen LogP) is 4.57. The Labute approximate surface area is 197 Å². The van der Waals surface area contributed by atoms with Crippen LogP contribution in [0.15, 0.2) is 72.8 Å². The van der Waals surface area contributed by atoms with Gasteiger partial charge in [-0.3, -0.25) is 14.4 Å². The highest BCUT2D eigenvalue weighted by Crippen LogP contribution is 2.27. The van der Waals surface area contributed by atoms with E-state index in [-0.39, 0.29) is 30.7 Å². The first kappa shape index (κ1) is 22.6. The highest BCUT2D eigenvalue weighted by Gasteiger charge is 2.35. The number of benzene rings is 3. The van der Waals surface area contributed by atoms with Gasteiger partial charge in [-0.25, -0.2) is 0 Å². The number of nitrogens with zero attached hydrogens (tertiary/aromatic N) is 1. The lowest BCUT2D eigenvalue weighted by Crippen LogP contribution is -2.29. The number of rotatable bonds is 6. The highest BCUT2D eigenvalue weighted by atomic mass is 35.5. The monoisotopic (exact) mass is 461 g/mol. The van der Waals surface area contributed by atoms with Gasteiger partial charge in [0.05, 0.1) is 17.2 Å². The Morgan fingerprint density at radius 2 is 1.70 bits per heavy atom. The highest BCUT2D eigenvalue weighted by molar-refractivity contribution is 6.30. The molecule has 0 radical (unpaired) electrons. The van der Waals surface area contributed by atoms with Crippen LogP contribution in [-0.2, 0) is 16.1 Å². The summed E-state index contributed by atoms with van der Waals surface area (Å²) in [6, 6.07) is 21.7. The summed E-state index contributed by atoms with van der Waals surface area (Å²) in [4.78, 5) is 39.8. The zero-order valence-electron chi connectivity index (χ0n) is 18.2. The molecular weight excluding hydrogens is 438 g/mol. The van der Waals surface area contributed by atoms with E-state index in [1.165, 1.54) is 0 Å². The molecule has 3 amide bonds. The van der Waals surface area contributed by atoms with Crippen LogP contribution in [0, 0.1) is 12.8 Å². The van der Waals surface area contributed by atoms with Gasteiger partial charge < -0.3 is 15.5 Å². The molecule has 0 aromatic heterocycles. The first-order valence-electron chi connectivity index (χ1n) is 10.7. The Morgan fingerprint density at radius 3 is 2.42 bits per heavy atom. The molecule has 3 aromatic rings. The molecule has 1 heterocycles. The molecule has 1 saturated heterocycles. The molecule has 7 heteroatoms. The van der Waals surface area contributed by atoms with Crippen molar-refractivity contribution in [2.24, 2.45) is 5.92 Å². The number of amides is 3. The number of carbonyl (C=O) groups excluding carboxylic acids is 3. The Hall–Kier alpha value is -3.64. The Bertz CT molecular complexity index is 1180. The number of halogens is 1. The van der Waals surface area contributed by atoms with Crippen molar-refractivity contribution in [3.8, 4) is 0 Å². The summed E-state index contributed by atoms with van der Waals surface area (Å²) in [7, 11) is 0. The molecule has 1 atom stereocenters. The molecule has 1 fully saturated rings. The van der Waals surface area contributed by atoms with Crippen LogP contribution in [0.5, 0.6) is 0 Å². The van der Waals surface area contributed by atoms with Gasteiger partial charge in [-0.05, 0) is 48.9 Å². The summed E-state index contributed by atoms with van der Waals surface area (Å²) >= 11 is 5.93. The smallest absolute Gasteiger partial charge is 0.253 e.